The van der Waals surface area contributed by atoms with Gasteiger partial charge in [0.25, 0.3) is 0 Å². The summed E-state index contributed by atoms with van der Waals surface area (Å²) in [7, 11) is -4.63. The molecule has 3 aromatic heterocycles. The van der Waals surface area contributed by atoms with Crippen molar-refractivity contribution < 1.29 is 18.1 Å². The first-order valence-electron chi connectivity index (χ1n) is 19.8. The van der Waals surface area contributed by atoms with Gasteiger partial charge in [0.2, 0.25) is 0 Å². The van der Waals surface area contributed by atoms with Crippen molar-refractivity contribution in [1.82, 2.24) is 19.7 Å². The largest absolute Gasteiger partial charge is 0.408 e. The number of thioether (sulfide) groups is 1. The molecule has 6 aromatic rings. The molecule has 1 aliphatic rings. The summed E-state index contributed by atoms with van der Waals surface area (Å²) in [6.45, 7) is 25.1. The van der Waals surface area contributed by atoms with Crippen molar-refractivity contribution in [2.45, 2.75) is 121 Å². The lowest BCUT2D eigenvalue weighted by Crippen LogP contribution is -2.53. The lowest BCUT2D eigenvalue weighted by molar-refractivity contribution is -0.0244. The Labute approximate surface area is 339 Å². The number of benzene rings is 3. The molecule has 8 nitrogen and oxygen atoms in total. The highest BCUT2D eigenvalue weighted by atomic mass is 32.2. The Morgan fingerprint density at radius 3 is 2.18 bits per heavy atom. The van der Waals surface area contributed by atoms with Gasteiger partial charge in [0.05, 0.1) is 11.8 Å². The van der Waals surface area contributed by atoms with Gasteiger partial charge in [0, 0.05) is 40.4 Å². The van der Waals surface area contributed by atoms with Crippen LogP contribution in [-0.2, 0) is 25.8 Å². The Morgan fingerprint density at radius 1 is 0.821 bits per heavy atom. The molecule has 7 rings (SSSR count). The van der Waals surface area contributed by atoms with Gasteiger partial charge in [0.15, 0.2) is 28.6 Å². The zero-order valence-corrected chi connectivity index (χ0v) is 37.7. The smallest absolute Gasteiger partial charge is 0.192 e. The maximum atomic E-state index is 7.52. The molecule has 0 amide bonds. The predicted octanol–water partition coefficient (Wildman–Crippen LogP) is 11.8. The Morgan fingerprint density at radius 2 is 1.48 bits per heavy atom. The van der Waals surface area contributed by atoms with E-state index in [4.69, 9.17) is 23.1 Å². The number of aryl methyl sites for hydroxylation is 1. The van der Waals surface area contributed by atoms with Crippen LogP contribution < -0.4 is 0 Å². The molecule has 56 heavy (non-hydrogen) atoms. The van der Waals surface area contributed by atoms with Gasteiger partial charge in [0.1, 0.15) is 24.2 Å². The summed E-state index contributed by atoms with van der Waals surface area (Å²) < 4.78 is 30.4. The summed E-state index contributed by atoms with van der Waals surface area (Å²) in [6.07, 6.45) is 5.22. The van der Waals surface area contributed by atoms with Crippen LogP contribution in [0.1, 0.15) is 70.2 Å². The van der Waals surface area contributed by atoms with Crippen LogP contribution in [0.5, 0.6) is 0 Å². The average molecular weight is 807 g/mol. The van der Waals surface area contributed by atoms with E-state index >= 15 is 0 Å². The second-order valence-corrected chi connectivity index (χ2v) is 28.9. The summed E-state index contributed by atoms with van der Waals surface area (Å²) in [6, 6.07) is 25.5. The number of hydrogen-bond acceptors (Lipinski definition) is 8. The second-order valence-electron chi connectivity index (χ2n) is 18.4. The molecular formula is C45H58N4O4SSi2. The number of ether oxygens (including phenoxy) is 1. The van der Waals surface area contributed by atoms with E-state index in [-0.39, 0.29) is 28.4 Å². The van der Waals surface area contributed by atoms with Crippen LogP contribution in [0, 0.1) is 6.92 Å². The lowest BCUT2D eigenvalue weighted by atomic mass is 10.0. The molecule has 0 unspecified atom stereocenters. The van der Waals surface area contributed by atoms with Gasteiger partial charge in [-0.2, -0.15) is 11.8 Å². The minimum atomic E-state index is -2.33. The molecule has 296 valence electrons. The van der Waals surface area contributed by atoms with Crippen molar-refractivity contribution in [1.29, 1.82) is 0 Å². The summed E-state index contributed by atoms with van der Waals surface area (Å²) in [5.74, 6) is 2.27. The van der Waals surface area contributed by atoms with Crippen molar-refractivity contribution >= 4 is 50.2 Å². The van der Waals surface area contributed by atoms with E-state index in [0.29, 0.717) is 5.75 Å². The predicted molar refractivity (Wildman–Crippen MR) is 235 cm³/mol. The lowest BCUT2D eigenvalue weighted by Gasteiger charge is -2.44. The summed E-state index contributed by atoms with van der Waals surface area (Å²) >= 11 is 1.83. The molecule has 1 fully saturated rings. The fraction of sp³-hybridized carbons (Fsp3) is 0.444. The van der Waals surface area contributed by atoms with Crippen LogP contribution in [0.3, 0.4) is 0 Å². The third kappa shape index (κ3) is 8.21. The summed E-state index contributed by atoms with van der Waals surface area (Å²) in [5, 5.41) is 7.83. The Bertz CT molecular complexity index is 2290. The molecule has 1 saturated heterocycles. The highest BCUT2D eigenvalue weighted by Crippen LogP contribution is 2.47. The van der Waals surface area contributed by atoms with Crippen LogP contribution in [0.25, 0.3) is 33.1 Å². The van der Waals surface area contributed by atoms with Gasteiger partial charge in [-0.1, -0.05) is 119 Å². The van der Waals surface area contributed by atoms with Crippen LogP contribution in [-0.4, -0.2) is 60.4 Å². The van der Waals surface area contributed by atoms with Gasteiger partial charge < -0.3 is 22.7 Å². The molecule has 0 spiro atoms. The highest BCUT2D eigenvalue weighted by Gasteiger charge is 2.54. The van der Waals surface area contributed by atoms with Crippen molar-refractivity contribution in [2.75, 3.05) is 5.75 Å². The first-order chi connectivity index (χ1) is 26.4. The van der Waals surface area contributed by atoms with Crippen molar-refractivity contribution in [3.05, 3.63) is 114 Å². The van der Waals surface area contributed by atoms with Crippen molar-refractivity contribution in [3.63, 3.8) is 0 Å². The zero-order chi connectivity index (χ0) is 40.0. The molecule has 1 aliphatic heterocycles. The minimum absolute atomic E-state index is 0.00510. The van der Waals surface area contributed by atoms with Gasteiger partial charge in [-0.15, -0.1) is 0 Å². The van der Waals surface area contributed by atoms with Crippen molar-refractivity contribution in [3.8, 4) is 11.3 Å². The number of fused-ring (bicyclic) bond motifs is 2. The standard InChI is InChI=1S/C45H58N4O4SSi2/c1-30-37(39(51-48-30)33-18-13-12-14-19-33)27-54-28-38-40(52-55(8,9)44(2,3)4)41(53-56(10,11)45(5,6)7)43(50-38)49-26-35(36-25-46-29-47-42(36)49)24-31-21-22-32-17-15-16-20-34(32)23-31/h12-23,25-26,29,38,40-41,43H,24,27-28H2,1-11H3/t38-,40-,41-,43-/m1/s1. The summed E-state index contributed by atoms with van der Waals surface area (Å²) in [4.78, 5) is 9.40. The first kappa shape index (κ1) is 40.6. The Kier molecular flexibility index (Phi) is 11.3. The van der Waals surface area contributed by atoms with Gasteiger partial charge in [-0.3, -0.25) is 0 Å². The van der Waals surface area contributed by atoms with E-state index in [1.54, 1.807) is 6.33 Å². The Balaban J connectivity index is 1.27. The van der Waals surface area contributed by atoms with E-state index < -0.39 is 22.9 Å². The fourth-order valence-electron chi connectivity index (χ4n) is 6.98. The van der Waals surface area contributed by atoms with Gasteiger partial charge in [-0.05, 0) is 71.5 Å². The minimum Gasteiger partial charge on any atom is -0.408 e. The molecule has 0 bridgehead atoms. The summed E-state index contributed by atoms with van der Waals surface area (Å²) in [5.41, 5.74) is 6.28. The SMILES string of the molecule is Cc1noc(-c2ccccc2)c1CSC[C@H]1O[C@@H](n2cc(Cc3ccc4ccccc4c3)c3cncnc32)[C@H](O[Si](C)(C)C(C)(C)C)[C@@H]1O[Si](C)(C)C(C)(C)C. The van der Waals surface area contributed by atoms with E-state index in [2.05, 4.69) is 143 Å². The van der Waals surface area contributed by atoms with Gasteiger partial charge in [-0.25, -0.2) is 9.97 Å². The molecule has 0 aliphatic carbocycles. The Hall–Kier alpha value is -3.59. The van der Waals surface area contributed by atoms with Crippen LogP contribution >= 0.6 is 11.8 Å². The fourth-order valence-corrected chi connectivity index (χ4v) is 10.7. The van der Waals surface area contributed by atoms with Crippen LogP contribution in [0.15, 0.2) is 96.0 Å². The van der Waals surface area contributed by atoms with E-state index in [0.717, 1.165) is 51.4 Å². The number of aromatic nitrogens is 4. The van der Waals surface area contributed by atoms with E-state index in [1.807, 2.05) is 43.1 Å². The van der Waals surface area contributed by atoms with E-state index in [1.165, 1.54) is 16.3 Å². The molecule has 0 N–H and O–H groups in total. The maximum absolute atomic E-state index is 7.52. The third-order valence-corrected chi connectivity index (χ3v) is 22.4. The number of rotatable bonds is 12. The first-order valence-corrected chi connectivity index (χ1v) is 26.8. The third-order valence-electron chi connectivity index (χ3n) is 12.4. The maximum Gasteiger partial charge on any atom is 0.192 e. The molecular weight excluding hydrogens is 749 g/mol. The van der Waals surface area contributed by atoms with E-state index in [9.17, 15) is 0 Å². The highest BCUT2D eigenvalue weighted by molar-refractivity contribution is 7.98. The molecule has 0 saturated carbocycles. The second kappa shape index (κ2) is 15.6. The van der Waals surface area contributed by atoms with Gasteiger partial charge >= 0.3 is 0 Å². The number of hydrogen-bond donors (Lipinski definition) is 0. The monoisotopic (exact) mass is 806 g/mol. The molecule has 4 heterocycles. The van der Waals surface area contributed by atoms with Crippen LogP contribution in [0.2, 0.25) is 36.3 Å². The molecule has 11 heteroatoms. The zero-order valence-electron chi connectivity index (χ0n) is 34.9. The van der Waals surface area contributed by atoms with Crippen molar-refractivity contribution in [2.24, 2.45) is 0 Å². The van der Waals surface area contributed by atoms with Crippen LogP contribution in [0.4, 0.5) is 0 Å². The molecule has 4 atom stereocenters. The average Bonchev–Trinajstić information content (AvgIpc) is 3.80. The molecule has 0 radical (unpaired) electrons. The normalized spacial score (nSPS) is 19.7. The molecule has 3 aromatic carbocycles. The quantitative estimate of drug-likeness (QED) is 0.113. The topological polar surface area (TPSA) is 84.4 Å². The number of nitrogens with zero attached hydrogens (tertiary/aromatic N) is 4.